The summed E-state index contributed by atoms with van der Waals surface area (Å²) < 4.78 is 18.8. The Balaban J connectivity index is 1.47. The summed E-state index contributed by atoms with van der Waals surface area (Å²) in [5, 5.41) is 84.8. The summed E-state index contributed by atoms with van der Waals surface area (Å²) in [7, 11) is 0. The van der Waals surface area contributed by atoms with Gasteiger partial charge in [0.1, 0.15) is 52.5 Å². The summed E-state index contributed by atoms with van der Waals surface area (Å²) in [6, 6.07) is 13.4. The molecule has 3 aliphatic heterocycles. The summed E-state index contributed by atoms with van der Waals surface area (Å²) in [4.78, 5) is 0. The third kappa shape index (κ3) is 3.52. The molecule has 0 radical (unpaired) electrons. The summed E-state index contributed by atoms with van der Waals surface area (Å²) in [6.45, 7) is 0. The standard InChI is InChI=1S/C30H24O11/c31-14-4-2-13(3-5-14)30-29(38)26(24-20(36)8-15(32)9-22(24)40-30)25-23(41-30)11-18(34)16-10-21(37)27(39-28(16)25)12-1-6-17(33)19(35)7-12/h1-9,11,21,26-27,29,31-38H,10H2/t21-,26+,27+,29+,30-/m0/s1. The summed E-state index contributed by atoms with van der Waals surface area (Å²) in [5.41, 5.74) is 1.26. The molecule has 4 aromatic carbocycles. The first-order valence-corrected chi connectivity index (χ1v) is 12.7. The zero-order valence-electron chi connectivity index (χ0n) is 21.1. The highest BCUT2D eigenvalue weighted by Crippen LogP contribution is 2.62. The Labute approximate surface area is 231 Å². The lowest BCUT2D eigenvalue weighted by molar-refractivity contribution is -0.219. The molecule has 0 aliphatic carbocycles. The molecule has 7 rings (SSSR count). The highest BCUT2D eigenvalue weighted by molar-refractivity contribution is 5.68. The average molecular weight is 561 g/mol. The van der Waals surface area contributed by atoms with Crippen LogP contribution in [0.2, 0.25) is 0 Å². The summed E-state index contributed by atoms with van der Waals surface area (Å²) >= 11 is 0. The van der Waals surface area contributed by atoms with Crippen molar-refractivity contribution in [3.63, 3.8) is 0 Å². The lowest BCUT2D eigenvalue weighted by atomic mass is 9.74. The maximum Gasteiger partial charge on any atom is 0.305 e. The van der Waals surface area contributed by atoms with Crippen molar-refractivity contribution in [2.24, 2.45) is 0 Å². The largest absolute Gasteiger partial charge is 0.508 e. The molecule has 11 heteroatoms. The first kappa shape index (κ1) is 25.0. The van der Waals surface area contributed by atoms with Crippen LogP contribution in [0.5, 0.6) is 51.7 Å². The first-order chi connectivity index (χ1) is 19.6. The van der Waals surface area contributed by atoms with E-state index in [-0.39, 0.29) is 69.1 Å². The van der Waals surface area contributed by atoms with Crippen LogP contribution in [-0.4, -0.2) is 53.1 Å². The minimum atomic E-state index is -1.92. The molecule has 0 aromatic heterocycles. The van der Waals surface area contributed by atoms with Crippen LogP contribution >= 0.6 is 0 Å². The number of benzene rings is 4. The van der Waals surface area contributed by atoms with E-state index < -0.39 is 35.8 Å². The fraction of sp³-hybridized carbons (Fsp3) is 0.200. The van der Waals surface area contributed by atoms with Crippen molar-refractivity contribution in [1.82, 2.24) is 0 Å². The summed E-state index contributed by atoms with van der Waals surface area (Å²) in [5.74, 6) is -4.54. The Kier molecular flexibility index (Phi) is 5.18. The van der Waals surface area contributed by atoms with E-state index in [0.29, 0.717) is 11.1 Å². The molecule has 4 aromatic rings. The quantitative estimate of drug-likeness (QED) is 0.168. The van der Waals surface area contributed by atoms with Crippen molar-refractivity contribution < 1.29 is 55.1 Å². The zero-order valence-corrected chi connectivity index (χ0v) is 21.1. The van der Waals surface area contributed by atoms with E-state index in [9.17, 15) is 40.9 Å². The van der Waals surface area contributed by atoms with Gasteiger partial charge in [0.2, 0.25) is 0 Å². The Morgan fingerprint density at radius 3 is 2.07 bits per heavy atom. The van der Waals surface area contributed by atoms with Crippen LogP contribution in [0.4, 0.5) is 0 Å². The van der Waals surface area contributed by atoms with E-state index >= 15 is 0 Å². The maximum atomic E-state index is 11.9. The van der Waals surface area contributed by atoms with Gasteiger partial charge in [-0.3, -0.25) is 0 Å². The van der Waals surface area contributed by atoms with Gasteiger partial charge in [0.05, 0.1) is 12.0 Å². The Morgan fingerprint density at radius 2 is 1.37 bits per heavy atom. The number of rotatable bonds is 2. The van der Waals surface area contributed by atoms with Gasteiger partial charge in [0.15, 0.2) is 11.5 Å². The second-order valence-corrected chi connectivity index (χ2v) is 10.4. The van der Waals surface area contributed by atoms with Gasteiger partial charge in [-0.15, -0.1) is 0 Å². The SMILES string of the molecule is Oc1ccc([C@]23Oc4cc(O)cc(O)c4[C@H](c4c(cc(O)c5c4O[C@H](c4ccc(O)c(O)c4)[C@@H](O)C5)O2)[C@H]3O)cc1. The molecule has 3 heterocycles. The van der Waals surface area contributed by atoms with E-state index in [1.165, 1.54) is 54.6 Å². The van der Waals surface area contributed by atoms with Crippen molar-refractivity contribution in [3.8, 4) is 51.7 Å². The van der Waals surface area contributed by atoms with Crippen LogP contribution in [0, 0.1) is 0 Å². The number of aliphatic hydroxyl groups excluding tert-OH is 2. The Morgan fingerprint density at radius 1 is 0.659 bits per heavy atom. The first-order valence-electron chi connectivity index (χ1n) is 12.7. The topological polar surface area (TPSA) is 190 Å². The lowest BCUT2D eigenvalue weighted by Crippen LogP contribution is -2.57. The van der Waals surface area contributed by atoms with Gasteiger partial charge >= 0.3 is 5.79 Å². The minimum absolute atomic E-state index is 0.0224. The number of fused-ring (bicyclic) bond motifs is 8. The van der Waals surface area contributed by atoms with Crippen LogP contribution in [0.1, 0.15) is 39.8 Å². The molecule has 0 saturated carbocycles. The van der Waals surface area contributed by atoms with Gasteiger partial charge in [0.25, 0.3) is 0 Å². The predicted octanol–water partition coefficient (Wildman–Crippen LogP) is 3.09. The number of aromatic hydroxyl groups is 6. The molecule has 5 atom stereocenters. The molecule has 2 bridgehead atoms. The lowest BCUT2D eigenvalue weighted by Gasteiger charge is -2.50. The number of hydrogen-bond acceptors (Lipinski definition) is 11. The molecule has 0 saturated heterocycles. The van der Waals surface area contributed by atoms with Crippen LogP contribution in [0.25, 0.3) is 0 Å². The minimum Gasteiger partial charge on any atom is -0.508 e. The highest BCUT2D eigenvalue weighted by atomic mass is 16.7. The van der Waals surface area contributed by atoms with Crippen molar-refractivity contribution in [2.45, 2.75) is 36.4 Å². The van der Waals surface area contributed by atoms with Gasteiger partial charge in [-0.25, -0.2) is 0 Å². The molecule has 3 aliphatic rings. The third-order valence-electron chi connectivity index (χ3n) is 7.92. The third-order valence-corrected chi connectivity index (χ3v) is 7.92. The van der Waals surface area contributed by atoms with Crippen LogP contribution in [0.15, 0.2) is 60.7 Å². The van der Waals surface area contributed by atoms with Crippen molar-refractivity contribution in [1.29, 1.82) is 0 Å². The van der Waals surface area contributed by atoms with Crippen LogP contribution in [-0.2, 0) is 12.2 Å². The molecule has 210 valence electrons. The number of phenolic OH excluding ortho intramolecular Hbond substituents is 6. The maximum absolute atomic E-state index is 11.9. The number of phenols is 6. The monoisotopic (exact) mass is 560 g/mol. The Bertz CT molecular complexity index is 1720. The molecule has 0 unspecified atom stereocenters. The second-order valence-electron chi connectivity index (χ2n) is 10.4. The predicted molar refractivity (Wildman–Crippen MR) is 140 cm³/mol. The van der Waals surface area contributed by atoms with Crippen molar-refractivity contribution in [2.75, 3.05) is 0 Å². The molecule has 0 amide bonds. The number of aliphatic hydroxyl groups is 2. The normalized spacial score (nSPS) is 25.5. The molecule has 11 nitrogen and oxygen atoms in total. The molecule has 0 spiro atoms. The molecule has 41 heavy (non-hydrogen) atoms. The Hall–Kier alpha value is -5.00. The van der Waals surface area contributed by atoms with Crippen molar-refractivity contribution >= 4 is 0 Å². The number of ether oxygens (including phenoxy) is 3. The summed E-state index contributed by atoms with van der Waals surface area (Å²) in [6.07, 6.45) is -3.79. The average Bonchev–Trinajstić information content (AvgIpc) is 2.91. The van der Waals surface area contributed by atoms with Gasteiger partial charge in [-0.05, 0) is 42.0 Å². The fourth-order valence-electron chi connectivity index (χ4n) is 6.04. The van der Waals surface area contributed by atoms with E-state index in [2.05, 4.69) is 0 Å². The fourth-order valence-corrected chi connectivity index (χ4v) is 6.04. The smallest absolute Gasteiger partial charge is 0.305 e. The number of hydrogen-bond donors (Lipinski definition) is 8. The molecule has 8 N–H and O–H groups in total. The van der Waals surface area contributed by atoms with E-state index in [1.54, 1.807) is 0 Å². The van der Waals surface area contributed by atoms with Crippen LogP contribution in [0.3, 0.4) is 0 Å². The van der Waals surface area contributed by atoms with Crippen LogP contribution < -0.4 is 14.2 Å². The highest BCUT2D eigenvalue weighted by Gasteiger charge is 2.60. The zero-order chi connectivity index (χ0) is 28.8. The molecular formula is C30H24O11. The van der Waals surface area contributed by atoms with Gasteiger partial charge in [-0.2, -0.15) is 0 Å². The van der Waals surface area contributed by atoms with Gasteiger partial charge < -0.3 is 55.1 Å². The van der Waals surface area contributed by atoms with Gasteiger partial charge in [-0.1, -0.05) is 6.07 Å². The van der Waals surface area contributed by atoms with E-state index in [4.69, 9.17) is 14.2 Å². The van der Waals surface area contributed by atoms with Crippen molar-refractivity contribution in [3.05, 3.63) is 88.5 Å². The van der Waals surface area contributed by atoms with E-state index in [0.717, 1.165) is 6.07 Å². The second kappa shape index (κ2) is 8.50. The molecule has 0 fully saturated rings. The molecular weight excluding hydrogens is 536 g/mol. The van der Waals surface area contributed by atoms with E-state index in [1.807, 2.05) is 0 Å². The van der Waals surface area contributed by atoms with Gasteiger partial charge in [0, 0.05) is 46.9 Å².